The highest BCUT2D eigenvalue weighted by atomic mass is 16.3. The number of hydrogen-bond acceptors (Lipinski definition) is 6. The molecule has 0 saturated carbocycles. The fourth-order valence-corrected chi connectivity index (χ4v) is 3.37. The summed E-state index contributed by atoms with van der Waals surface area (Å²) >= 11 is 0. The maximum atomic E-state index is 10.5. The van der Waals surface area contributed by atoms with E-state index < -0.39 is 6.10 Å². The van der Waals surface area contributed by atoms with Crippen LogP contribution in [0.15, 0.2) is 77.6 Å². The Balaban J connectivity index is 1.47. The van der Waals surface area contributed by atoms with E-state index in [-0.39, 0.29) is 0 Å². The van der Waals surface area contributed by atoms with Gasteiger partial charge in [-0.15, -0.1) is 5.10 Å². The van der Waals surface area contributed by atoms with Gasteiger partial charge >= 0.3 is 0 Å². The number of pyridine rings is 1. The predicted molar refractivity (Wildman–Crippen MR) is 111 cm³/mol. The van der Waals surface area contributed by atoms with Crippen LogP contribution in [0.1, 0.15) is 11.7 Å². The lowest BCUT2D eigenvalue weighted by molar-refractivity contribution is 0.184. The summed E-state index contributed by atoms with van der Waals surface area (Å²) in [5, 5.41) is 16.2. The standard InChI is InChI=1S/C22H19N5O2/c1-26(14-18(28)16-6-4-10-23-12-16)22-9-8-21-24-13-17(27(21)25-22)20-11-15-5-2-3-7-19(15)29-20/h2-13,18,28H,14H2,1H3. The van der Waals surface area contributed by atoms with Gasteiger partial charge < -0.3 is 14.4 Å². The molecule has 7 nitrogen and oxygen atoms in total. The van der Waals surface area contributed by atoms with Crippen LogP contribution in [0.2, 0.25) is 0 Å². The van der Waals surface area contributed by atoms with Crippen molar-refractivity contribution in [2.75, 3.05) is 18.5 Å². The Morgan fingerprint density at radius 2 is 2.00 bits per heavy atom. The molecule has 0 spiro atoms. The number of likely N-dealkylation sites (N-methyl/N-ethyl adjacent to an activating group) is 1. The lowest BCUT2D eigenvalue weighted by atomic mass is 10.1. The Morgan fingerprint density at radius 1 is 1.10 bits per heavy atom. The number of hydrogen-bond donors (Lipinski definition) is 1. The van der Waals surface area contributed by atoms with Gasteiger partial charge in [0.25, 0.3) is 0 Å². The van der Waals surface area contributed by atoms with Gasteiger partial charge in [0.1, 0.15) is 17.1 Å². The highest BCUT2D eigenvalue weighted by Crippen LogP contribution is 2.28. The normalized spacial score (nSPS) is 12.5. The summed E-state index contributed by atoms with van der Waals surface area (Å²) in [6.45, 7) is 0.388. The van der Waals surface area contributed by atoms with Gasteiger partial charge in [-0.2, -0.15) is 0 Å². The van der Waals surface area contributed by atoms with Gasteiger partial charge in [-0.25, -0.2) is 9.50 Å². The van der Waals surface area contributed by atoms with Gasteiger partial charge in [0, 0.05) is 36.9 Å². The molecular weight excluding hydrogens is 366 g/mol. The molecule has 7 heteroatoms. The van der Waals surface area contributed by atoms with E-state index in [2.05, 4.69) is 9.97 Å². The zero-order valence-corrected chi connectivity index (χ0v) is 15.8. The third-order valence-electron chi connectivity index (χ3n) is 4.93. The van der Waals surface area contributed by atoms with Crippen molar-refractivity contribution in [2.45, 2.75) is 6.10 Å². The summed E-state index contributed by atoms with van der Waals surface area (Å²) in [5.74, 6) is 1.43. The first kappa shape index (κ1) is 17.4. The van der Waals surface area contributed by atoms with E-state index in [0.717, 1.165) is 33.7 Å². The molecule has 0 aliphatic heterocycles. The fourth-order valence-electron chi connectivity index (χ4n) is 3.37. The Morgan fingerprint density at radius 3 is 2.83 bits per heavy atom. The number of aliphatic hydroxyl groups excluding tert-OH is 1. The summed E-state index contributed by atoms with van der Waals surface area (Å²) in [5.41, 5.74) is 3.10. The Kier molecular flexibility index (Phi) is 4.22. The van der Waals surface area contributed by atoms with Crippen molar-refractivity contribution < 1.29 is 9.52 Å². The first-order chi connectivity index (χ1) is 14.2. The molecule has 0 saturated heterocycles. The first-order valence-electron chi connectivity index (χ1n) is 9.32. The fraction of sp³-hybridized carbons (Fsp3) is 0.136. The molecule has 0 bridgehead atoms. The largest absolute Gasteiger partial charge is 0.454 e. The molecule has 0 radical (unpaired) electrons. The first-order valence-corrected chi connectivity index (χ1v) is 9.32. The van der Waals surface area contributed by atoms with Gasteiger partial charge in [-0.3, -0.25) is 4.98 Å². The van der Waals surface area contributed by atoms with Crippen molar-refractivity contribution in [3.8, 4) is 11.5 Å². The van der Waals surface area contributed by atoms with Crippen LogP contribution in [0, 0.1) is 0 Å². The monoisotopic (exact) mass is 385 g/mol. The maximum Gasteiger partial charge on any atom is 0.155 e. The second-order valence-electron chi connectivity index (χ2n) is 6.94. The quantitative estimate of drug-likeness (QED) is 0.497. The maximum absolute atomic E-state index is 10.5. The molecule has 1 atom stereocenters. The second kappa shape index (κ2) is 7.03. The lowest BCUT2D eigenvalue weighted by Crippen LogP contribution is -2.25. The van der Waals surface area contributed by atoms with Gasteiger partial charge in [0.05, 0.1) is 12.3 Å². The third-order valence-corrected chi connectivity index (χ3v) is 4.93. The number of imidazole rings is 1. The van der Waals surface area contributed by atoms with Crippen LogP contribution < -0.4 is 4.90 Å². The van der Waals surface area contributed by atoms with Crippen molar-refractivity contribution >= 4 is 22.4 Å². The minimum atomic E-state index is -0.663. The van der Waals surface area contributed by atoms with Crippen LogP contribution in [0.4, 0.5) is 5.82 Å². The van der Waals surface area contributed by atoms with Gasteiger partial charge in [0.15, 0.2) is 11.4 Å². The third kappa shape index (κ3) is 3.21. The van der Waals surface area contributed by atoms with Crippen molar-refractivity contribution in [3.05, 3.63) is 78.8 Å². The average molecular weight is 385 g/mol. The molecule has 1 unspecified atom stereocenters. The van der Waals surface area contributed by atoms with E-state index in [9.17, 15) is 5.11 Å². The number of benzene rings is 1. The molecule has 29 heavy (non-hydrogen) atoms. The Bertz CT molecular complexity index is 1250. The zero-order valence-electron chi connectivity index (χ0n) is 15.8. The number of furan rings is 1. The van der Waals surface area contributed by atoms with E-state index >= 15 is 0 Å². The molecule has 0 aliphatic rings. The number of nitrogens with zero attached hydrogens (tertiary/aromatic N) is 5. The molecule has 144 valence electrons. The van der Waals surface area contributed by atoms with Crippen LogP contribution in [0.25, 0.3) is 28.1 Å². The van der Waals surface area contributed by atoms with Crippen molar-refractivity contribution in [1.82, 2.24) is 19.6 Å². The molecule has 1 aromatic carbocycles. The van der Waals surface area contributed by atoms with E-state index in [1.54, 1.807) is 23.1 Å². The minimum Gasteiger partial charge on any atom is -0.454 e. The summed E-state index contributed by atoms with van der Waals surface area (Å²) in [6, 6.07) is 17.3. The molecule has 5 aromatic rings. The van der Waals surface area contributed by atoms with Gasteiger partial charge in [0.2, 0.25) is 0 Å². The minimum absolute atomic E-state index is 0.388. The highest BCUT2D eigenvalue weighted by molar-refractivity contribution is 5.82. The van der Waals surface area contributed by atoms with Gasteiger partial charge in [-0.1, -0.05) is 24.3 Å². The molecule has 5 rings (SSSR count). The van der Waals surface area contributed by atoms with Crippen LogP contribution in [0.5, 0.6) is 0 Å². The Labute approximate surface area is 166 Å². The molecule has 4 heterocycles. The van der Waals surface area contributed by atoms with Crippen LogP contribution in [-0.4, -0.2) is 38.3 Å². The number of aliphatic hydroxyl groups is 1. The molecular formula is C22H19N5O2. The van der Waals surface area contributed by atoms with Crippen LogP contribution in [0.3, 0.4) is 0 Å². The number of anilines is 1. The van der Waals surface area contributed by atoms with Crippen molar-refractivity contribution in [3.63, 3.8) is 0 Å². The molecule has 0 amide bonds. The molecule has 4 aromatic heterocycles. The highest BCUT2D eigenvalue weighted by Gasteiger charge is 2.16. The summed E-state index contributed by atoms with van der Waals surface area (Å²) in [7, 11) is 1.89. The van der Waals surface area contributed by atoms with E-state index in [1.807, 2.05) is 66.5 Å². The van der Waals surface area contributed by atoms with Crippen molar-refractivity contribution in [2.24, 2.45) is 0 Å². The van der Waals surface area contributed by atoms with Gasteiger partial charge in [-0.05, 0) is 30.3 Å². The molecule has 0 aliphatic carbocycles. The van der Waals surface area contributed by atoms with Crippen LogP contribution >= 0.6 is 0 Å². The topological polar surface area (TPSA) is 79.7 Å². The van der Waals surface area contributed by atoms with E-state index in [0.29, 0.717) is 12.3 Å². The average Bonchev–Trinajstić information content (AvgIpc) is 3.37. The van der Waals surface area contributed by atoms with E-state index in [1.165, 1.54) is 0 Å². The van der Waals surface area contributed by atoms with E-state index in [4.69, 9.17) is 9.52 Å². The number of rotatable bonds is 5. The van der Waals surface area contributed by atoms with Crippen LogP contribution in [-0.2, 0) is 0 Å². The number of aromatic nitrogens is 4. The Hall–Kier alpha value is -3.71. The second-order valence-corrected chi connectivity index (χ2v) is 6.94. The number of para-hydroxylation sites is 1. The summed E-state index contributed by atoms with van der Waals surface area (Å²) in [4.78, 5) is 10.4. The SMILES string of the molecule is CN(CC(O)c1cccnc1)c1ccc2ncc(-c3cc4ccccc4o3)n2n1. The zero-order chi connectivity index (χ0) is 19.8. The van der Waals surface area contributed by atoms with Crippen molar-refractivity contribution in [1.29, 1.82) is 0 Å². The molecule has 0 fully saturated rings. The predicted octanol–water partition coefficient (Wildman–Crippen LogP) is 3.71. The summed E-state index contributed by atoms with van der Waals surface area (Å²) < 4.78 is 7.75. The summed E-state index contributed by atoms with van der Waals surface area (Å²) in [6.07, 6.45) is 4.45. The molecule has 1 N–H and O–H groups in total. The smallest absolute Gasteiger partial charge is 0.155 e. The lowest BCUT2D eigenvalue weighted by Gasteiger charge is -2.21. The number of fused-ring (bicyclic) bond motifs is 2.